The third kappa shape index (κ3) is 8.78. The Morgan fingerprint density at radius 3 is 1.59 bits per heavy atom. The van der Waals surface area contributed by atoms with Gasteiger partial charge in [-0.2, -0.15) is 0 Å². The van der Waals surface area contributed by atoms with Crippen LogP contribution in [0.1, 0.15) is 53.4 Å². The SMILES string of the molecule is CCC(=O)OCC1OC([Se])C(OC(=O)CC)C(OC(=O)CC)C1OC(=O)CC.[Au]. The molecule has 0 aromatic carbocycles. The van der Waals surface area contributed by atoms with E-state index in [4.69, 9.17) is 23.7 Å². The van der Waals surface area contributed by atoms with Crippen LogP contribution in [0.4, 0.5) is 0 Å². The van der Waals surface area contributed by atoms with Crippen LogP contribution in [0, 0.1) is 0 Å². The standard InChI is InChI=1S/C18H27O9Se.Au/c1-5-11(19)23-9-10-15(25-12(20)6-2)16(26-13(21)7-3)17(18(28)24-10)27-14(22)8-4;/h10,15-18H,5-9H2,1-4H3;. The number of rotatable bonds is 9. The minimum atomic E-state index is -1.11. The molecule has 0 bridgehead atoms. The molecule has 0 amide bonds. The summed E-state index contributed by atoms with van der Waals surface area (Å²) in [7, 11) is 0. The Balaban J connectivity index is 0.00000784. The molecule has 11 heteroatoms. The number of esters is 4. The molecular formula is C18H27AuO9Se. The van der Waals surface area contributed by atoms with Crippen molar-refractivity contribution < 1.29 is 65.2 Å². The fourth-order valence-corrected chi connectivity index (χ4v) is 3.14. The first-order chi connectivity index (χ1) is 13.3. The molecule has 0 aromatic rings. The third-order valence-corrected chi connectivity index (χ3v) is 4.75. The summed E-state index contributed by atoms with van der Waals surface area (Å²) in [6.07, 6.45) is -3.70. The largest absolute Gasteiger partial charge is 0 e. The summed E-state index contributed by atoms with van der Waals surface area (Å²) in [5, 5.41) is -0.799. The molecule has 0 saturated carbocycles. The van der Waals surface area contributed by atoms with E-state index in [0.29, 0.717) is 0 Å². The molecule has 1 fully saturated rings. The summed E-state index contributed by atoms with van der Waals surface area (Å²) in [5.74, 6) is -2.10. The summed E-state index contributed by atoms with van der Waals surface area (Å²) in [4.78, 5) is 47.3. The van der Waals surface area contributed by atoms with Crippen molar-refractivity contribution >= 4 is 39.9 Å². The van der Waals surface area contributed by atoms with Crippen molar-refractivity contribution in [2.75, 3.05) is 6.61 Å². The smallest absolute Gasteiger partial charge is 0 e. The zero-order valence-corrected chi connectivity index (χ0v) is 20.7. The van der Waals surface area contributed by atoms with Crippen LogP contribution >= 0.6 is 0 Å². The predicted molar refractivity (Wildman–Crippen MR) is 96.2 cm³/mol. The second kappa shape index (κ2) is 14.2. The van der Waals surface area contributed by atoms with Crippen molar-refractivity contribution in [1.29, 1.82) is 0 Å². The average molecular weight is 663 g/mol. The van der Waals surface area contributed by atoms with Gasteiger partial charge < -0.3 is 0 Å². The van der Waals surface area contributed by atoms with Crippen LogP contribution in [-0.4, -0.2) is 75.9 Å². The average Bonchev–Trinajstić information content (AvgIpc) is 2.69. The molecule has 0 spiro atoms. The quantitative estimate of drug-likeness (QED) is 0.201. The number of carbonyl (C=O) groups is 4. The topological polar surface area (TPSA) is 114 Å². The van der Waals surface area contributed by atoms with Crippen LogP contribution in [-0.2, 0) is 65.2 Å². The van der Waals surface area contributed by atoms with Gasteiger partial charge in [-0.05, 0) is 0 Å². The van der Waals surface area contributed by atoms with Crippen molar-refractivity contribution in [1.82, 2.24) is 0 Å². The van der Waals surface area contributed by atoms with Gasteiger partial charge in [-0.25, -0.2) is 0 Å². The summed E-state index contributed by atoms with van der Waals surface area (Å²) in [6.45, 7) is 6.27. The zero-order valence-electron chi connectivity index (χ0n) is 16.8. The molecular weight excluding hydrogens is 636 g/mol. The Kier molecular flexibility index (Phi) is 13.7. The molecule has 1 aliphatic heterocycles. The molecule has 5 atom stereocenters. The van der Waals surface area contributed by atoms with Gasteiger partial charge in [0, 0.05) is 22.4 Å². The first-order valence-corrected chi connectivity index (χ1v) is 10.3. The molecule has 9 nitrogen and oxygen atoms in total. The van der Waals surface area contributed by atoms with Crippen molar-refractivity contribution in [2.24, 2.45) is 0 Å². The molecule has 2 radical (unpaired) electrons. The van der Waals surface area contributed by atoms with Gasteiger partial charge >= 0.3 is 172 Å². The minimum Gasteiger partial charge on any atom is 0 e. The van der Waals surface area contributed by atoms with Gasteiger partial charge in [-0.3, -0.25) is 0 Å². The Labute approximate surface area is 194 Å². The van der Waals surface area contributed by atoms with Gasteiger partial charge in [0.25, 0.3) is 0 Å². The molecule has 0 N–H and O–H groups in total. The van der Waals surface area contributed by atoms with E-state index in [1.165, 1.54) is 0 Å². The van der Waals surface area contributed by atoms with E-state index in [1.54, 1.807) is 27.7 Å². The first-order valence-electron chi connectivity index (χ1n) is 9.32. The van der Waals surface area contributed by atoms with Crippen molar-refractivity contribution in [2.45, 2.75) is 82.8 Å². The van der Waals surface area contributed by atoms with E-state index in [2.05, 4.69) is 16.0 Å². The molecule has 1 heterocycles. The van der Waals surface area contributed by atoms with Gasteiger partial charge in [0.05, 0.1) is 0 Å². The molecule has 5 unspecified atom stereocenters. The van der Waals surface area contributed by atoms with Crippen molar-refractivity contribution in [3.05, 3.63) is 0 Å². The summed E-state index contributed by atoms with van der Waals surface area (Å²) in [6, 6.07) is 0. The first kappa shape index (κ1) is 28.1. The van der Waals surface area contributed by atoms with E-state index in [-0.39, 0.29) is 54.7 Å². The second-order valence-electron chi connectivity index (χ2n) is 6.00. The Morgan fingerprint density at radius 1 is 0.724 bits per heavy atom. The van der Waals surface area contributed by atoms with Gasteiger partial charge in [0.1, 0.15) is 0 Å². The molecule has 170 valence electrons. The number of carbonyl (C=O) groups excluding carboxylic acids is 4. The zero-order chi connectivity index (χ0) is 21.3. The molecule has 0 aliphatic carbocycles. The maximum atomic E-state index is 12.0. The monoisotopic (exact) mass is 664 g/mol. The van der Waals surface area contributed by atoms with Crippen LogP contribution in [0.2, 0.25) is 0 Å². The second-order valence-corrected chi connectivity index (χ2v) is 6.98. The van der Waals surface area contributed by atoms with Crippen molar-refractivity contribution in [3.8, 4) is 0 Å². The van der Waals surface area contributed by atoms with Crippen LogP contribution in [0.25, 0.3) is 0 Å². The van der Waals surface area contributed by atoms with Gasteiger partial charge in [0.2, 0.25) is 0 Å². The van der Waals surface area contributed by atoms with Crippen LogP contribution < -0.4 is 0 Å². The number of hydrogen-bond donors (Lipinski definition) is 0. The molecule has 1 aliphatic rings. The molecule has 29 heavy (non-hydrogen) atoms. The van der Waals surface area contributed by atoms with Gasteiger partial charge in [-0.15, -0.1) is 0 Å². The van der Waals surface area contributed by atoms with Gasteiger partial charge in [-0.1, -0.05) is 0 Å². The fraction of sp³-hybridized carbons (Fsp3) is 0.778. The van der Waals surface area contributed by atoms with Gasteiger partial charge in [0.15, 0.2) is 0 Å². The molecule has 1 saturated heterocycles. The minimum absolute atomic E-state index is 0. The predicted octanol–water partition coefficient (Wildman–Crippen LogP) is 0.796. The normalized spacial score (nSPS) is 25.9. The number of hydrogen-bond acceptors (Lipinski definition) is 9. The third-order valence-electron chi connectivity index (χ3n) is 3.96. The van der Waals surface area contributed by atoms with Crippen molar-refractivity contribution in [3.63, 3.8) is 0 Å². The van der Waals surface area contributed by atoms with E-state index >= 15 is 0 Å². The van der Waals surface area contributed by atoms with E-state index in [0.717, 1.165) is 0 Å². The maximum absolute atomic E-state index is 12.0. The van der Waals surface area contributed by atoms with Crippen LogP contribution in [0.3, 0.4) is 0 Å². The van der Waals surface area contributed by atoms with E-state index in [9.17, 15) is 19.2 Å². The molecule has 0 aromatic heterocycles. The van der Waals surface area contributed by atoms with E-state index in [1.807, 2.05) is 0 Å². The Morgan fingerprint density at radius 2 is 1.14 bits per heavy atom. The van der Waals surface area contributed by atoms with E-state index < -0.39 is 53.3 Å². The summed E-state index contributed by atoms with van der Waals surface area (Å²) < 4.78 is 27.2. The van der Waals surface area contributed by atoms with Crippen LogP contribution in [0.15, 0.2) is 0 Å². The fourth-order valence-electron chi connectivity index (χ4n) is 2.40. The maximum Gasteiger partial charge on any atom is 0 e. The molecule has 1 rings (SSSR count). The summed E-state index contributed by atoms with van der Waals surface area (Å²) >= 11 is 2.73. The Bertz CT molecular complexity index is 572. The van der Waals surface area contributed by atoms with Crippen LogP contribution in [0.5, 0.6) is 0 Å². The Hall–Kier alpha value is -0.900. The summed E-state index contributed by atoms with van der Waals surface area (Å²) in [5.41, 5.74) is 0. The number of ether oxygens (including phenoxy) is 5.